The van der Waals surface area contributed by atoms with Crippen molar-refractivity contribution in [2.75, 3.05) is 5.73 Å². The third kappa shape index (κ3) is 3.15. The van der Waals surface area contributed by atoms with E-state index >= 15 is 0 Å². The molecule has 8 heteroatoms. The average Bonchev–Trinajstić information content (AvgIpc) is 2.31. The highest BCUT2D eigenvalue weighted by Gasteiger charge is 2.25. The van der Waals surface area contributed by atoms with Crippen LogP contribution in [0.1, 0.15) is 5.56 Å². The molecule has 0 heterocycles. The summed E-state index contributed by atoms with van der Waals surface area (Å²) in [6, 6.07) is 3.74. The summed E-state index contributed by atoms with van der Waals surface area (Å²) in [6.07, 6.45) is 0. The molecule has 112 valence electrons. The van der Waals surface area contributed by atoms with Crippen molar-refractivity contribution in [2.24, 2.45) is 0 Å². The first-order valence-corrected chi connectivity index (χ1v) is 7.27. The lowest BCUT2D eigenvalue weighted by molar-refractivity contribution is 0.507. The number of hydrogen-bond donors (Lipinski definition) is 1. The fourth-order valence-corrected chi connectivity index (χ4v) is 3.27. The molecule has 2 aromatic rings. The van der Waals surface area contributed by atoms with E-state index in [1.165, 1.54) is 0 Å². The maximum Gasteiger partial charge on any atom is 0.188 e. The first-order valence-electron chi connectivity index (χ1n) is 5.62. The van der Waals surface area contributed by atoms with E-state index < -0.39 is 43.8 Å². The fraction of sp³-hybridized carbons (Fsp3) is 0.0769. The predicted octanol–water partition coefficient (Wildman–Crippen LogP) is 2.80. The molecule has 0 atom stereocenters. The Morgan fingerprint density at radius 2 is 1.43 bits per heavy atom. The van der Waals surface area contributed by atoms with Crippen molar-refractivity contribution in [3.05, 3.63) is 59.2 Å². The van der Waals surface area contributed by atoms with Gasteiger partial charge in [-0.1, -0.05) is 6.07 Å². The highest BCUT2D eigenvalue weighted by atomic mass is 32.2. The number of sulfone groups is 1. The van der Waals surface area contributed by atoms with Gasteiger partial charge in [-0.05, 0) is 29.8 Å². The lowest BCUT2D eigenvalue weighted by Crippen LogP contribution is -2.11. The Labute approximate surface area is 117 Å². The molecule has 2 aromatic carbocycles. The molecule has 21 heavy (non-hydrogen) atoms. The molecule has 0 saturated heterocycles. The van der Waals surface area contributed by atoms with E-state index in [0.29, 0.717) is 18.2 Å². The van der Waals surface area contributed by atoms with Gasteiger partial charge in [0.2, 0.25) is 0 Å². The lowest BCUT2D eigenvalue weighted by atomic mass is 10.2. The van der Waals surface area contributed by atoms with Gasteiger partial charge in [0.05, 0.1) is 5.75 Å². The van der Waals surface area contributed by atoms with Crippen LogP contribution in [0.3, 0.4) is 0 Å². The van der Waals surface area contributed by atoms with Gasteiger partial charge in [-0.3, -0.25) is 0 Å². The number of nitrogen functional groups attached to an aromatic ring is 1. The second kappa shape index (κ2) is 5.36. The minimum atomic E-state index is -4.42. The van der Waals surface area contributed by atoms with Crippen LogP contribution in [0.25, 0.3) is 0 Å². The zero-order chi connectivity index (χ0) is 15.8. The third-order valence-corrected chi connectivity index (χ3v) is 4.40. The van der Waals surface area contributed by atoms with Crippen molar-refractivity contribution in [3.8, 4) is 0 Å². The second-order valence-electron chi connectivity index (χ2n) is 4.32. The highest BCUT2D eigenvalue weighted by molar-refractivity contribution is 7.90. The summed E-state index contributed by atoms with van der Waals surface area (Å²) in [7, 11) is -4.42. The van der Waals surface area contributed by atoms with Gasteiger partial charge in [0.25, 0.3) is 0 Å². The zero-order valence-electron chi connectivity index (χ0n) is 10.4. The summed E-state index contributed by atoms with van der Waals surface area (Å²) < 4.78 is 77.1. The van der Waals surface area contributed by atoms with Gasteiger partial charge in [-0.15, -0.1) is 0 Å². The Balaban J connectivity index is 2.46. The van der Waals surface area contributed by atoms with Crippen LogP contribution in [0.5, 0.6) is 0 Å². The third-order valence-electron chi connectivity index (χ3n) is 2.67. The van der Waals surface area contributed by atoms with Crippen LogP contribution in [0.15, 0.2) is 35.2 Å². The van der Waals surface area contributed by atoms with E-state index in [9.17, 15) is 26.0 Å². The molecule has 0 unspecified atom stereocenters. The van der Waals surface area contributed by atoms with Gasteiger partial charge >= 0.3 is 0 Å². The Bertz CT molecular complexity index is 783. The summed E-state index contributed by atoms with van der Waals surface area (Å²) >= 11 is 0. The van der Waals surface area contributed by atoms with E-state index in [2.05, 4.69) is 0 Å². The summed E-state index contributed by atoms with van der Waals surface area (Å²) in [5.41, 5.74) is 4.79. The van der Waals surface area contributed by atoms with E-state index in [1.54, 1.807) is 0 Å². The minimum Gasteiger partial charge on any atom is -0.399 e. The van der Waals surface area contributed by atoms with Gasteiger partial charge in [-0.2, -0.15) is 0 Å². The number of halogens is 4. The van der Waals surface area contributed by atoms with Crippen molar-refractivity contribution < 1.29 is 26.0 Å². The number of anilines is 1. The number of rotatable bonds is 3. The summed E-state index contributed by atoms with van der Waals surface area (Å²) in [5.74, 6) is -5.95. The van der Waals surface area contributed by atoms with Gasteiger partial charge in [0.1, 0.15) is 16.5 Å². The molecular weight excluding hydrogens is 310 g/mol. The van der Waals surface area contributed by atoms with Gasteiger partial charge < -0.3 is 5.73 Å². The monoisotopic (exact) mass is 319 g/mol. The number of benzene rings is 2. The molecule has 0 aliphatic carbocycles. The SMILES string of the molecule is Nc1cc(F)c(S(=O)(=O)Cc2ccc(F)c(F)c2)c(F)c1. The Kier molecular flexibility index (Phi) is 3.91. The zero-order valence-corrected chi connectivity index (χ0v) is 11.2. The smallest absolute Gasteiger partial charge is 0.188 e. The molecule has 0 radical (unpaired) electrons. The first-order chi connectivity index (χ1) is 9.70. The topological polar surface area (TPSA) is 60.2 Å². The molecular formula is C13H9F4NO2S. The van der Waals surface area contributed by atoms with Crippen LogP contribution in [-0.2, 0) is 15.6 Å². The molecule has 0 fully saturated rings. The quantitative estimate of drug-likeness (QED) is 0.699. The van der Waals surface area contributed by atoms with Gasteiger partial charge in [0.15, 0.2) is 21.5 Å². The van der Waals surface area contributed by atoms with Crippen molar-refractivity contribution in [1.82, 2.24) is 0 Å². The molecule has 0 spiro atoms. The standard InChI is InChI=1S/C13H9F4NO2S/c14-9-2-1-7(3-10(9)15)6-21(19,20)13-11(16)4-8(18)5-12(13)17/h1-5H,6,18H2. The molecule has 0 aliphatic rings. The molecule has 0 amide bonds. The van der Waals surface area contributed by atoms with Crippen LogP contribution >= 0.6 is 0 Å². The molecule has 2 rings (SSSR count). The van der Waals surface area contributed by atoms with Gasteiger partial charge in [0, 0.05) is 5.69 Å². The van der Waals surface area contributed by atoms with E-state index in [0.717, 1.165) is 12.1 Å². The summed E-state index contributed by atoms with van der Waals surface area (Å²) in [6.45, 7) is 0. The first kappa shape index (κ1) is 15.3. The molecule has 0 bridgehead atoms. The average molecular weight is 319 g/mol. The Hall–Kier alpha value is -2.09. The van der Waals surface area contributed by atoms with Crippen molar-refractivity contribution in [1.29, 1.82) is 0 Å². The fourth-order valence-electron chi connectivity index (χ4n) is 1.80. The van der Waals surface area contributed by atoms with Crippen LogP contribution < -0.4 is 5.73 Å². The Morgan fingerprint density at radius 3 is 1.95 bits per heavy atom. The van der Waals surface area contributed by atoms with Crippen LogP contribution in [0.4, 0.5) is 23.2 Å². The minimum absolute atomic E-state index is 0.135. The lowest BCUT2D eigenvalue weighted by Gasteiger charge is -2.08. The number of hydrogen-bond acceptors (Lipinski definition) is 3. The molecule has 3 nitrogen and oxygen atoms in total. The predicted molar refractivity (Wildman–Crippen MR) is 68.0 cm³/mol. The van der Waals surface area contributed by atoms with Crippen LogP contribution in [0.2, 0.25) is 0 Å². The van der Waals surface area contributed by atoms with E-state index in [-0.39, 0.29) is 11.3 Å². The maximum atomic E-state index is 13.6. The van der Waals surface area contributed by atoms with Crippen molar-refractivity contribution in [2.45, 2.75) is 10.6 Å². The maximum absolute atomic E-state index is 13.6. The summed E-state index contributed by atoms with van der Waals surface area (Å²) in [4.78, 5) is -1.15. The van der Waals surface area contributed by atoms with E-state index in [1.807, 2.05) is 0 Å². The Morgan fingerprint density at radius 1 is 0.857 bits per heavy atom. The summed E-state index contributed by atoms with van der Waals surface area (Å²) in [5, 5.41) is 0. The second-order valence-corrected chi connectivity index (χ2v) is 6.25. The van der Waals surface area contributed by atoms with Crippen LogP contribution in [0, 0.1) is 23.3 Å². The van der Waals surface area contributed by atoms with Crippen LogP contribution in [-0.4, -0.2) is 8.42 Å². The number of nitrogens with two attached hydrogens (primary N) is 1. The molecule has 0 saturated carbocycles. The molecule has 0 aliphatic heterocycles. The normalized spacial score (nSPS) is 11.6. The highest BCUT2D eigenvalue weighted by Crippen LogP contribution is 2.25. The largest absolute Gasteiger partial charge is 0.399 e. The van der Waals surface area contributed by atoms with Crippen molar-refractivity contribution in [3.63, 3.8) is 0 Å². The van der Waals surface area contributed by atoms with E-state index in [4.69, 9.17) is 5.73 Å². The van der Waals surface area contributed by atoms with Gasteiger partial charge in [-0.25, -0.2) is 26.0 Å². The molecule has 0 aromatic heterocycles. The molecule has 2 N–H and O–H groups in total. The van der Waals surface area contributed by atoms with Crippen molar-refractivity contribution >= 4 is 15.5 Å².